The minimum atomic E-state index is -0.355. The number of rotatable bonds is 2. The Morgan fingerprint density at radius 2 is 2.27 bits per heavy atom. The average molecular weight is 286 g/mol. The lowest BCUT2D eigenvalue weighted by atomic mass is 10.2. The van der Waals surface area contributed by atoms with Gasteiger partial charge in [0.2, 0.25) is 0 Å². The molecular weight excluding hydrogens is 281 g/mol. The van der Waals surface area contributed by atoms with E-state index in [1.807, 2.05) is 0 Å². The Kier molecular flexibility index (Phi) is 2.93. The van der Waals surface area contributed by atoms with Gasteiger partial charge in [0.15, 0.2) is 11.3 Å². The zero-order valence-corrected chi connectivity index (χ0v) is 9.81. The quantitative estimate of drug-likeness (QED) is 0.790. The third-order valence-corrected chi connectivity index (χ3v) is 3.09. The maximum absolute atomic E-state index is 13.5. The number of hydrogen-bond acceptors (Lipinski definition) is 3. The molecule has 0 spiro atoms. The van der Waals surface area contributed by atoms with Crippen molar-refractivity contribution in [3.8, 4) is 11.3 Å². The molecule has 76 valence electrons. The Morgan fingerprint density at radius 1 is 1.47 bits per heavy atom. The van der Waals surface area contributed by atoms with Crippen molar-refractivity contribution in [1.29, 1.82) is 0 Å². The van der Waals surface area contributed by atoms with E-state index in [-0.39, 0.29) is 5.82 Å². The molecule has 0 fully saturated rings. The molecule has 0 unspecified atom stereocenters. The predicted octanol–water partition coefficient (Wildman–Crippen LogP) is 3.52. The van der Waals surface area contributed by atoms with E-state index in [0.717, 1.165) is 0 Å². The molecule has 0 atom stereocenters. The van der Waals surface area contributed by atoms with Crippen LogP contribution < -0.4 is 0 Å². The Labute approximate surface area is 97.9 Å². The van der Waals surface area contributed by atoms with Crippen LogP contribution >= 0.6 is 27.3 Å². The normalized spacial score (nSPS) is 10.3. The SMILES string of the molecule is O=Cc1nc(-c2ccc(Br)cc2F)cs1. The van der Waals surface area contributed by atoms with Crippen LogP contribution in [0.5, 0.6) is 0 Å². The lowest BCUT2D eigenvalue weighted by Crippen LogP contribution is -1.85. The Balaban J connectivity index is 2.49. The standard InChI is InChI=1S/C10H5BrFNOS/c11-6-1-2-7(8(12)3-6)9-5-15-10(4-14)13-9/h1-5H. The number of carbonyl (C=O) groups is 1. The van der Waals surface area contributed by atoms with E-state index in [2.05, 4.69) is 20.9 Å². The highest BCUT2D eigenvalue weighted by Crippen LogP contribution is 2.26. The summed E-state index contributed by atoms with van der Waals surface area (Å²) in [6, 6.07) is 4.73. The summed E-state index contributed by atoms with van der Waals surface area (Å²) in [4.78, 5) is 14.4. The van der Waals surface area contributed by atoms with Crippen molar-refractivity contribution >= 4 is 33.6 Å². The molecular formula is C10H5BrFNOS. The number of halogens is 2. The molecule has 1 aromatic carbocycles. The topological polar surface area (TPSA) is 30.0 Å². The van der Waals surface area contributed by atoms with Gasteiger partial charge < -0.3 is 0 Å². The molecule has 0 aliphatic rings. The van der Waals surface area contributed by atoms with Crippen LogP contribution in [0.4, 0.5) is 4.39 Å². The van der Waals surface area contributed by atoms with E-state index in [1.54, 1.807) is 17.5 Å². The van der Waals surface area contributed by atoms with Crippen LogP contribution in [0.15, 0.2) is 28.1 Å². The summed E-state index contributed by atoms with van der Waals surface area (Å²) in [6.45, 7) is 0. The average Bonchev–Trinajstić information content (AvgIpc) is 2.66. The molecule has 0 saturated heterocycles. The van der Waals surface area contributed by atoms with Crippen molar-refractivity contribution in [3.63, 3.8) is 0 Å². The number of carbonyl (C=O) groups excluding carboxylic acids is 1. The van der Waals surface area contributed by atoms with Crippen molar-refractivity contribution in [1.82, 2.24) is 4.98 Å². The molecule has 15 heavy (non-hydrogen) atoms. The molecule has 2 aromatic rings. The maximum atomic E-state index is 13.5. The number of benzene rings is 1. The fourth-order valence-electron chi connectivity index (χ4n) is 1.16. The van der Waals surface area contributed by atoms with Gasteiger partial charge in [-0.3, -0.25) is 4.79 Å². The molecule has 0 radical (unpaired) electrons. The van der Waals surface area contributed by atoms with E-state index in [9.17, 15) is 9.18 Å². The van der Waals surface area contributed by atoms with Crippen molar-refractivity contribution in [2.75, 3.05) is 0 Å². The molecule has 0 aliphatic carbocycles. The third kappa shape index (κ3) is 2.13. The lowest BCUT2D eigenvalue weighted by Gasteiger charge is -1.99. The van der Waals surface area contributed by atoms with Gasteiger partial charge in [-0.1, -0.05) is 15.9 Å². The van der Waals surface area contributed by atoms with E-state index in [0.29, 0.717) is 27.0 Å². The van der Waals surface area contributed by atoms with Gasteiger partial charge in [0.25, 0.3) is 0 Å². The second-order valence-corrected chi connectivity index (χ2v) is 4.62. The van der Waals surface area contributed by atoms with Crippen LogP contribution in [0.3, 0.4) is 0 Å². The third-order valence-electron chi connectivity index (χ3n) is 1.83. The summed E-state index contributed by atoms with van der Waals surface area (Å²) >= 11 is 4.37. The summed E-state index contributed by atoms with van der Waals surface area (Å²) in [5, 5.41) is 2.02. The second-order valence-electron chi connectivity index (χ2n) is 2.81. The highest BCUT2D eigenvalue weighted by molar-refractivity contribution is 9.10. The van der Waals surface area contributed by atoms with Gasteiger partial charge in [0.05, 0.1) is 5.69 Å². The van der Waals surface area contributed by atoms with Crippen LogP contribution in [0.2, 0.25) is 0 Å². The van der Waals surface area contributed by atoms with Crippen molar-refractivity contribution in [2.45, 2.75) is 0 Å². The van der Waals surface area contributed by atoms with Crippen LogP contribution in [-0.2, 0) is 0 Å². The zero-order valence-electron chi connectivity index (χ0n) is 7.41. The molecule has 0 N–H and O–H groups in total. The molecule has 0 saturated carbocycles. The van der Waals surface area contributed by atoms with Gasteiger partial charge in [-0.15, -0.1) is 11.3 Å². The molecule has 1 heterocycles. The first kappa shape index (κ1) is 10.4. The number of aromatic nitrogens is 1. The van der Waals surface area contributed by atoms with Crippen molar-refractivity contribution in [3.05, 3.63) is 38.9 Å². The van der Waals surface area contributed by atoms with Gasteiger partial charge in [0, 0.05) is 15.4 Å². The minimum absolute atomic E-state index is 0.354. The minimum Gasteiger partial charge on any atom is -0.295 e. The van der Waals surface area contributed by atoms with Gasteiger partial charge in [-0.2, -0.15) is 0 Å². The molecule has 0 aliphatic heterocycles. The van der Waals surface area contributed by atoms with Gasteiger partial charge in [-0.25, -0.2) is 9.37 Å². The fourth-order valence-corrected chi connectivity index (χ4v) is 2.11. The number of nitrogens with zero attached hydrogens (tertiary/aromatic N) is 1. The van der Waals surface area contributed by atoms with E-state index >= 15 is 0 Å². The summed E-state index contributed by atoms with van der Waals surface area (Å²) in [7, 11) is 0. The van der Waals surface area contributed by atoms with Gasteiger partial charge in [0.1, 0.15) is 5.82 Å². The van der Waals surface area contributed by atoms with Crippen LogP contribution in [0.25, 0.3) is 11.3 Å². The Bertz CT molecular complexity index is 512. The Hall–Kier alpha value is -1.07. The second kappa shape index (κ2) is 4.20. The first-order chi connectivity index (χ1) is 7.20. The number of hydrogen-bond donors (Lipinski definition) is 0. The first-order valence-corrected chi connectivity index (χ1v) is 5.74. The highest BCUT2D eigenvalue weighted by atomic mass is 79.9. The lowest BCUT2D eigenvalue weighted by molar-refractivity contribution is 0.112. The van der Waals surface area contributed by atoms with Gasteiger partial charge >= 0.3 is 0 Å². The smallest absolute Gasteiger partial charge is 0.178 e. The Morgan fingerprint density at radius 3 is 2.87 bits per heavy atom. The maximum Gasteiger partial charge on any atom is 0.178 e. The molecule has 0 bridgehead atoms. The molecule has 5 heteroatoms. The number of aldehydes is 1. The monoisotopic (exact) mass is 285 g/mol. The molecule has 2 nitrogen and oxygen atoms in total. The summed E-state index contributed by atoms with van der Waals surface area (Å²) in [6.07, 6.45) is 0.658. The van der Waals surface area contributed by atoms with Crippen LogP contribution in [0.1, 0.15) is 9.80 Å². The molecule has 2 rings (SSSR count). The van der Waals surface area contributed by atoms with E-state index in [1.165, 1.54) is 17.4 Å². The van der Waals surface area contributed by atoms with Crippen LogP contribution in [-0.4, -0.2) is 11.3 Å². The van der Waals surface area contributed by atoms with Crippen molar-refractivity contribution in [2.24, 2.45) is 0 Å². The zero-order chi connectivity index (χ0) is 10.8. The van der Waals surface area contributed by atoms with Crippen molar-refractivity contribution < 1.29 is 9.18 Å². The largest absolute Gasteiger partial charge is 0.295 e. The van der Waals surface area contributed by atoms with E-state index in [4.69, 9.17) is 0 Å². The summed E-state index contributed by atoms with van der Waals surface area (Å²) in [5.74, 6) is -0.355. The van der Waals surface area contributed by atoms with Gasteiger partial charge in [-0.05, 0) is 18.2 Å². The highest BCUT2D eigenvalue weighted by Gasteiger charge is 2.09. The molecule has 1 aromatic heterocycles. The predicted molar refractivity (Wildman–Crippen MR) is 60.6 cm³/mol. The number of thiazole rings is 1. The fraction of sp³-hybridized carbons (Fsp3) is 0. The summed E-state index contributed by atoms with van der Waals surface area (Å²) < 4.78 is 14.2. The van der Waals surface area contributed by atoms with Crippen LogP contribution in [0, 0.1) is 5.82 Å². The molecule has 0 amide bonds. The first-order valence-electron chi connectivity index (χ1n) is 4.07. The van der Waals surface area contributed by atoms with E-state index < -0.39 is 0 Å². The summed E-state index contributed by atoms with van der Waals surface area (Å²) in [5.41, 5.74) is 0.898.